The number of rotatable bonds is 6. The van der Waals surface area contributed by atoms with Crippen LogP contribution in [0.15, 0.2) is 0 Å². The molecule has 2 fully saturated rings. The minimum absolute atomic E-state index is 0.147. The van der Waals surface area contributed by atoms with Gasteiger partial charge in [0.1, 0.15) is 0 Å². The zero-order chi connectivity index (χ0) is 13.8. The monoisotopic (exact) mass is 267 g/mol. The van der Waals surface area contributed by atoms with E-state index < -0.39 is 5.97 Å². The zero-order valence-corrected chi connectivity index (χ0v) is 11.8. The fraction of sp³-hybridized carbons (Fsp3) is 0.867. The van der Waals surface area contributed by atoms with Gasteiger partial charge in [0.15, 0.2) is 0 Å². The Morgan fingerprint density at radius 3 is 2.53 bits per heavy atom. The van der Waals surface area contributed by atoms with E-state index in [9.17, 15) is 9.59 Å². The van der Waals surface area contributed by atoms with Crippen molar-refractivity contribution in [1.82, 2.24) is 4.90 Å². The van der Waals surface area contributed by atoms with Crippen molar-refractivity contribution < 1.29 is 14.7 Å². The van der Waals surface area contributed by atoms with Crippen LogP contribution in [0.5, 0.6) is 0 Å². The standard InChI is InChI=1S/C15H25NO3/c1-16(9-5-8-14(17)18)15(19)13-10-12(13)11-6-3-2-4-7-11/h11-13H,2-10H2,1H3,(H,17,18). The molecule has 0 radical (unpaired) electrons. The summed E-state index contributed by atoms with van der Waals surface area (Å²) in [5.74, 6) is 1.08. The molecular weight excluding hydrogens is 242 g/mol. The van der Waals surface area contributed by atoms with Gasteiger partial charge < -0.3 is 10.0 Å². The van der Waals surface area contributed by atoms with Gasteiger partial charge in [0.25, 0.3) is 0 Å². The molecule has 0 heterocycles. The number of carbonyl (C=O) groups excluding carboxylic acids is 1. The Bertz CT molecular complexity index is 336. The highest BCUT2D eigenvalue weighted by Gasteiger charge is 2.48. The van der Waals surface area contributed by atoms with Gasteiger partial charge in [-0.3, -0.25) is 9.59 Å². The van der Waals surface area contributed by atoms with Gasteiger partial charge in [0.05, 0.1) is 0 Å². The van der Waals surface area contributed by atoms with Crippen LogP contribution in [0.25, 0.3) is 0 Å². The zero-order valence-electron chi connectivity index (χ0n) is 11.8. The second-order valence-electron chi connectivity index (χ2n) is 6.16. The maximum absolute atomic E-state index is 12.2. The van der Waals surface area contributed by atoms with Crippen LogP contribution in [0.3, 0.4) is 0 Å². The van der Waals surface area contributed by atoms with E-state index in [4.69, 9.17) is 5.11 Å². The molecule has 1 amide bonds. The smallest absolute Gasteiger partial charge is 0.303 e. The molecule has 4 heteroatoms. The van der Waals surface area contributed by atoms with Gasteiger partial charge in [0.2, 0.25) is 5.91 Å². The minimum atomic E-state index is -0.785. The maximum atomic E-state index is 12.2. The Kier molecular flexibility index (Phi) is 4.83. The number of hydrogen-bond acceptors (Lipinski definition) is 2. The van der Waals surface area contributed by atoms with Crippen molar-refractivity contribution in [1.29, 1.82) is 0 Å². The summed E-state index contributed by atoms with van der Waals surface area (Å²) in [6, 6.07) is 0. The lowest BCUT2D eigenvalue weighted by Crippen LogP contribution is -2.30. The van der Waals surface area contributed by atoms with Crippen molar-refractivity contribution in [3.8, 4) is 0 Å². The Labute approximate surface area is 115 Å². The van der Waals surface area contributed by atoms with Crippen LogP contribution in [0.1, 0.15) is 51.4 Å². The number of hydrogen-bond donors (Lipinski definition) is 1. The van der Waals surface area contributed by atoms with E-state index in [1.54, 1.807) is 11.9 Å². The predicted molar refractivity (Wildman–Crippen MR) is 72.7 cm³/mol. The van der Waals surface area contributed by atoms with Crippen molar-refractivity contribution in [3.05, 3.63) is 0 Å². The molecule has 2 aliphatic rings. The lowest BCUT2D eigenvalue weighted by atomic mass is 9.85. The Morgan fingerprint density at radius 1 is 1.21 bits per heavy atom. The summed E-state index contributed by atoms with van der Waals surface area (Å²) >= 11 is 0. The molecule has 0 aromatic carbocycles. The van der Waals surface area contributed by atoms with Gasteiger partial charge in [-0.1, -0.05) is 32.1 Å². The molecule has 0 aliphatic heterocycles. The lowest BCUT2D eigenvalue weighted by Gasteiger charge is -2.22. The van der Waals surface area contributed by atoms with E-state index in [1.165, 1.54) is 32.1 Å². The first-order valence-corrected chi connectivity index (χ1v) is 7.56. The molecule has 0 aromatic rings. The Hall–Kier alpha value is -1.06. The quantitative estimate of drug-likeness (QED) is 0.804. The van der Waals surface area contributed by atoms with Gasteiger partial charge in [0, 0.05) is 25.9 Å². The molecule has 0 saturated heterocycles. The summed E-state index contributed by atoms with van der Waals surface area (Å²) in [6.45, 7) is 0.568. The highest BCUT2D eigenvalue weighted by atomic mass is 16.4. The SMILES string of the molecule is CN(CCCC(=O)O)C(=O)C1CC1C1CCCCC1. The van der Waals surface area contributed by atoms with Crippen LogP contribution in [0.4, 0.5) is 0 Å². The fourth-order valence-electron chi connectivity index (χ4n) is 3.44. The van der Waals surface area contributed by atoms with E-state index in [0.29, 0.717) is 18.9 Å². The molecule has 2 aliphatic carbocycles. The third kappa shape index (κ3) is 3.95. The predicted octanol–water partition coefficient (Wildman–Crippen LogP) is 2.53. The molecule has 2 saturated carbocycles. The van der Waals surface area contributed by atoms with Crippen LogP contribution >= 0.6 is 0 Å². The maximum Gasteiger partial charge on any atom is 0.303 e. The average molecular weight is 267 g/mol. The number of amides is 1. The van der Waals surface area contributed by atoms with E-state index in [1.807, 2.05) is 0 Å². The number of carboxylic acids is 1. The van der Waals surface area contributed by atoms with Gasteiger partial charge in [-0.15, -0.1) is 0 Å². The summed E-state index contributed by atoms with van der Waals surface area (Å²) in [7, 11) is 1.81. The van der Waals surface area contributed by atoms with Crippen LogP contribution in [-0.2, 0) is 9.59 Å². The molecule has 19 heavy (non-hydrogen) atoms. The lowest BCUT2D eigenvalue weighted by molar-refractivity contribution is -0.138. The van der Waals surface area contributed by atoms with E-state index in [-0.39, 0.29) is 18.2 Å². The van der Waals surface area contributed by atoms with Crippen molar-refractivity contribution in [2.75, 3.05) is 13.6 Å². The molecule has 2 atom stereocenters. The molecular formula is C15H25NO3. The summed E-state index contributed by atoms with van der Waals surface area (Å²) in [5.41, 5.74) is 0. The second-order valence-corrected chi connectivity index (χ2v) is 6.16. The van der Waals surface area contributed by atoms with E-state index in [0.717, 1.165) is 12.3 Å². The first kappa shape index (κ1) is 14.4. The number of carbonyl (C=O) groups is 2. The van der Waals surface area contributed by atoms with E-state index in [2.05, 4.69) is 0 Å². The second kappa shape index (κ2) is 6.40. The van der Waals surface area contributed by atoms with Gasteiger partial charge in [-0.2, -0.15) is 0 Å². The summed E-state index contributed by atoms with van der Waals surface area (Å²) in [6.07, 6.45) is 8.39. The largest absolute Gasteiger partial charge is 0.481 e. The fourth-order valence-corrected chi connectivity index (χ4v) is 3.44. The Balaban J connectivity index is 1.70. The first-order chi connectivity index (χ1) is 9.09. The molecule has 1 N–H and O–H groups in total. The third-order valence-corrected chi connectivity index (χ3v) is 4.67. The molecule has 0 aromatic heterocycles. The summed E-state index contributed by atoms with van der Waals surface area (Å²) < 4.78 is 0. The van der Waals surface area contributed by atoms with Crippen molar-refractivity contribution >= 4 is 11.9 Å². The number of nitrogens with zero attached hydrogens (tertiary/aromatic N) is 1. The molecule has 108 valence electrons. The summed E-state index contributed by atoms with van der Waals surface area (Å²) in [4.78, 5) is 24.4. The Morgan fingerprint density at radius 2 is 1.89 bits per heavy atom. The third-order valence-electron chi connectivity index (χ3n) is 4.67. The highest BCUT2D eigenvalue weighted by molar-refractivity contribution is 5.81. The van der Waals surface area contributed by atoms with Crippen molar-refractivity contribution in [3.63, 3.8) is 0 Å². The first-order valence-electron chi connectivity index (χ1n) is 7.56. The number of aliphatic carboxylic acids is 1. The molecule has 4 nitrogen and oxygen atoms in total. The van der Waals surface area contributed by atoms with Gasteiger partial charge >= 0.3 is 5.97 Å². The van der Waals surface area contributed by atoms with Crippen molar-refractivity contribution in [2.24, 2.45) is 17.8 Å². The van der Waals surface area contributed by atoms with Crippen LogP contribution in [0, 0.1) is 17.8 Å². The van der Waals surface area contributed by atoms with Gasteiger partial charge in [-0.25, -0.2) is 0 Å². The normalized spacial score (nSPS) is 27.0. The van der Waals surface area contributed by atoms with Crippen LogP contribution in [0.2, 0.25) is 0 Å². The minimum Gasteiger partial charge on any atom is -0.481 e. The van der Waals surface area contributed by atoms with Gasteiger partial charge in [-0.05, 0) is 24.7 Å². The average Bonchev–Trinajstić information content (AvgIpc) is 3.18. The molecule has 2 unspecified atom stereocenters. The molecule has 0 spiro atoms. The van der Waals surface area contributed by atoms with Crippen LogP contribution in [-0.4, -0.2) is 35.5 Å². The summed E-state index contributed by atoms with van der Waals surface area (Å²) in [5, 5.41) is 8.60. The highest BCUT2D eigenvalue weighted by Crippen LogP contribution is 2.50. The van der Waals surface area contributed by atoms with Crippen molar-refractivity contribution in [2.45, 2.75) is 51.4 Å². The van der Waals surface area contributed by atoms with Crippen LogP contribution < -0.4 is 0 Å². The van der Waals surface area contributed by atoms with E-state index >= 15 is 0 Å². The topological polar surface area (TPSA) is 57.6 Å². The number of carboxylic acid groups (broad SMARTS) is 1. The molecule has 0 bridgehead atoms. The molecule has 2 rings (SSSR count).